The summed E-state index contributed by atoms with van der Waals surface area (Å²) in [4.78, 5) is 11.6. The van der Waals surface area contributed by atoms with Crippen molar-refractivity contribution in [2.75, 3.05) is 11.0 Å². The van der Waals surface area contributed by atoms with Crippen LogP contribution in [-0.4, -0.2) is 25.7 Å². The van der Waals surface area contributed by atoms with E-state index in [-0.39, 0.29) is 9.77 Å². The molecule has 1 aromatic carbocycles. The van der Waals surface area contributed by atoms with Crippen molar-refractivity contribution in [2.24, 2.45) is 0 Å². The number of thioether (sulfide) groups is 1. The number of thiophene rings is 1. The van der Waals surface area contributed by atoms with Crippen molar-refractivity contribution in [1.82, 2.24) is 0 Å². The van der Waals surface area contributed by atoms with Gasteiger partial charge in [0, 0.05) is 10.6 Å². The van der Waals surface area contributed by atoms with Gasteiger partial charge in [0.05, 0.1) is 0 Å². The van der Waals surface area contributed by atoms with E-state index in [0.717, 1.165) is 16.2 Å². The Morgan fingerprint density at radius 3 is 2.45 bits per heavy atom. The molecule has 20 heavy (non-hydrogen) atoms. The zero-order chi connectivity index (χ0) is 14.8. The van der Waals surface area contributed by atoms with Crippen molar-refractivity contribution < 1.29 is 18.3 Å². The van der Waals surface area contributed by atoms with E-state index in [4.69, 9.17) is 5.11 Å². The summed E-state index contributed by atoms with van der Waals surface area (Å²) >= 11 is 2.43. The molecule has 2 aromatic rings. The van der Waals surface area contributed by atoms with E-state index in [0.29, 0.717) is 5.69 Å². The molecule has 0 amide bonds. The number of carbonyl (C=O) groups is 1. The third-order valence-electron chi connectivity index (χ3n) is 2.46. The molecule has 0 aliphatic rings. The van der Waals surface area contributed by atoms with Gasteiger partial charge < -0.3 is 5.11 Å². The molecule has 0 aliphatic heterocycles. The number of sulfonamides is 1. The van der Waals surface area contributed by atoms with E-state index in [2.05, 4.69) is 4.72 Å². The molecule has 106 valence electrons. The topological polar surface area (TPSA) is 83.5 Å². The minimum atomic E-state index is -3.89. The van der Waals surface area contributed by atoms with E-state index in [1.807, 2.05) is 6.26 Å². The molecule has 0 saturated carbocycles. The molecule has 0 saturated heterocycles. The maximum absolute atomic E-state index is 12.2. The number of aromatic carboxylic acids is 1. The highest BCUT2D eigenvalue weighted by molar-refractivity contribution is 7.98. The molecule has 5 nitrogen and oxygen atoms in total. The van der Waals surface area contributed by atoms with Gasteiger partial charge in [-0.05, 0) is 42.0 Å². The fraction of sp³-hybridized carbons (Fsp3) is 0.0833. The van der Waals surface area contributed by atoms with E-state index < -0.39 is 16.0 Å². The number of anilines is 1. The molecule has 1 heterocycles. The standard InChI is InChI=1S/C12H11NO4S3/c1-18-9-4-2-8(3-5-9)13-20(16,17)10-6-7-19-11(10)12(14)15/h2-7,13H,1H3,(H,14,15). The Hall–Kier alpha value is -1.51. The largest absolute Gasteiger partial charge is 0.477 e. The molecular weight excluding hydrogens is 318 g/mol. The lowest BCUT2D eigenvalue weighted by molar-refractivity contribution is 0.0698. The molecule has 2 rings (SSSR count). The first-order valence-corrected chi connectivity index (χ1v) is 9.00. The summed E-state index contributed by atoms with van der Waals surface area (Å²) in [6, 6.07) is 8.13. The third kappa shape index (κ3) is 3.14. The van der Waals surface area contributed by atoms with Gasteiger partial charge in [0.1, 0.15) is 9.77 Å². The Balaban J connectivity index is 2.30. The number of hydrogen-bond donors (Lipinski definition) is 2. The summed E-state index contributed by atoms with van der Waals surface area (Å²) in [6.07, 6.45) is 1.92. The van der Waals surface area contributed by atoms with Crippen LogP contribution >= 0.6 is 23.1 Å². The van der Waals surface area contributed by atoms with Gasteiger partial charge in [-0.15, -0.1) is 23.1 Å². The van der Waals surface area contributed by atoms with Crippen LogP contribution in [0.2, 0.25) is 0 Å². The van der Waals surface area contributed by atoms with Crippen molar-refractivity contribution in [3.63, 3.8) is 0 Å². The molecule has 0 aliphatic carbocycles. The van der Waals surface area contributed by atoms with Crippen LogP contribution in [0.1, 0.15) is 9.67 Å². The van der Waals surface area contributed by atoms with E-state index in [1.165, 1.54) is 11.4 Å². The Labute approximate surface area is 124 Å². The Morgan fingerprint density at radius 1 is 1.25 bits per heavy atom. The second-order valence-electron chi connectivity index (χ2n) is 3.75. The van der Waals surface area contributed by atoms with Gasteiger partial charge in [0.25, 0.3) is 10.0 Å². The van der Waals surface area contributed by atoms with Gasteiger partial charge >= 0.3 is 5.97 Å². The lowest BCUT2D eigenvalue weighted by Crippen LogP contribution is -2.15. The Kier molecular flexibility index (Phi) is 4.36. The second kappa shape index (κ2) is 5.86. The van der Waals surface area contributed by atoms with Crippen LogP contribution in [0.5, 0.6) is 0 Å². The molecule has 0 atom stereocenters. The number of carboxylic acids is 1. The first kappa shape index (κ1) is 14.9. The fourth-order valence-electron chi connectivity index (χ4n) is 1.53. The zero-order valence-electron chi connectivity index (χ0n) is 10.4. The average Bonchev–Trinajstić information content (AvgIpc) is 2.89. The molecule has 2 N–H and O–H groups in total. The van der Waals surface area contributed by atoms with Crippen molar-refractivity contribution in [1.29, 1.82) is 0 Å². The van der Waals surface area contributed by atoms with E-state index >= 15 is 0 Å². The molecule has 0 fully saturated rings. The minimum absolute atomic E-state index is 0.196. The van der Waals surface area contributed by atoms with Gasteiger partial charge in [-0.1, -0.05) is 0 Å². The van der Waals surface area contributed by atoms with Crippen molar-refractivity contribution in [3.8, 4) is 0 Å². The predicted molar refractivity (Wildman–Crippen MR) is 80.3 cm³/mol. The van der Waals surface area contributed by atoms with Gasteiger partial charge in [-0.2, -0.15) is 0 Å². The highest BCUT2D eigenvalue weighted by Gasteiger charge is 2.23. The molecule has 0 radical (unpaired) electrons. The van der Waals surface area contributed by atoms with Crippen LogP contribution in [0.25, 0.3) is 0 Å². The zero-order valence-corrected chi connectivity index (χ0v) is 12.8. The smallest absolute Gasteiger partial charge is 0.347 e. The van der Waals surface area contributed by atoms with Crippen LogP contribution < -0.4 is 4.72 Å². The molecular formula is C12H11NO4S3. The lowest BCUT2D eigenvalue weighted by atomic mass is 10.3. The maximum Gasteiger partial charge on any atom is 0.347 e. The quantitative estimate of drug-likeness (QED) is 0.824. The number of nitrogens with one attached hydrogen (secondary N) is 1. The fourth-order valence-corrected chi connectivity index (χ4v) is 4.26. The predicted octanol–water partition coefficient (Wildman–Crippen LogP) is 2.97. The van der Waals surface area contributed by atoms with E-state index in [9.17, 15) is 13.2 Å². The summed E-state index contributed by atoms with van der Waals surface area (Å²) in [6.45, 7) is 0. The third-order valence-corrected chi connectivity index (χ3v) is 5.65. The first-order valence-electron chi connectivity index (χ1n) is 5.41. The van der Waals surface area contributed by atoms with Gasteiger partial charge in [0.2, 0.25) is 0 Å². The van der Waals surface area contributed by atoms with Crippen LogP contribution in [0.3, 0.4) is 0 Å². The number of rotatable bonds is 5. The highest BCUT2D eigenvalue weighted by atomic mass is 32.2. The molecule has 8 heteroatoms. The van der Waals surface area contributed by atoms with Crippen molar-refractivity contribution in [3.05, 3.63) is 40.6 Å². The Morgan fingerprint density at radius 2 is 1.90 bits per heavy atom. The summed E-state index contributed by atoms with van der Waals surface area (Å²) in [5.74, 6) is -1.25. The van der Waals surface area contributed by atoms with Crippen molar-refractivity contribution >= 4 is 44.8 Å². The van der Waals surface area contributed by atoms with Crippen molar-refractivity contribution in [2.45, 2.75) is 9.79 Å². The average molecular weight is 329 g/mol. The van der Waals surface area contributed by atoms with Crippen LogP contribution in [-0.2, 0) is 10.0 Å². The van der Waals surface area contributed by atoms with Crippen LogP contribution in [0.4, 0.5) is 5.69 Å². The van der Waals surface area contributed by atoms with Crippen LogP contribution in [0.15, 0.2) is 45.5 Å². The molecule has 1 aromatic heterocycles. The SMILES string of the molecule is CSc1ccc(NS(=O)(=O)c2ccsc2C(=O)O)cc1. The Bertz CT molecular complexity index is 719. The maximum atomic E-state index is 12.2. The van der Waals surface area contributed by atoms with Gasteiger partial charge in [-0.25, -0.2) is 13.2 Å². The summed E-state index contributed by atoms with van der Waals surface area (Å²) < 4.78 is 26.7. The summed E-state index contributed by atoms with van der Waals surface area (Å²) in [7, 11) is -3.89. The number of benzene rings is 1. The highest BCUT2D eigenvalue weighted by Crippen LogP contribution is 2.25. The summed E-state index contributed by atoms with van der Waals surface area (Å²) in [5.41, 5.74) is 0.394. The molecule has 0 bridgehead atoms. The monoisotopic (exact) mass is 329 g/mol. The molecule has 0 spiro atoms. The first-order chi connectivity index (χ1) is 9.44. The number of carboxylic acid groups (broad SMARTS) is 1. The number of hydrogen-bond acceptors (Lipinski definition) is 5. The van der Waals surface area contributed by atoms with Gasteiger partial charge in [0.15, 0.2) is 0 Å². The second-order valence-corrected chi connectivity index (χ2v) is 7.20. The summed E-state index contributed by atoms with van der Waals surface area (Å²) in [5, 5.41) is 10.4. The minimum Gasteiger partial charge on any atom is -0.477 e. The molecule has 0 unspecified atom stereocenters. The normalized spacial score (nSPS) is 11.2. The van der Waals surface area contributed by atoms with Crippen LogP contribution in [0, 0.1) is 0 Å². The van der Waals surface area contributed by atoms with Gasteiger partial charge in [-0.3, -0.25) is 4.72 Å². The van der Waals surface area contributed by atoms with E-state index in [1.54, 1.807) is 36.0 Å². The lowest BCUT2D eigenvalue weighted by Gasteiger charge is -2.08.